The fourth-order valence-corrected chi connectivity index (χ4v) is 3.64. The summed E-state index contributed by atoms with van der Waals surface area (Å²) in [4.78, 5) is 11.3. The van der Waals surface area contributed by atoms with Crippen LogP contribution in [0, 0.1) is 0 Å². The molecule has 0 radical (unpaired) electrons. The first kappa shape index (κ1) is 19.0. The Morgan fingerprint density at radius 1 is 0.931 bits per heavy atom. The van der Waals surface area contributed by atoms with Crippen LogP contribution in [0.4, 0.5) is 0 Å². The number of hydrogen-bond acceptors (Lipinski definition) is 3. The standard InChI is InChI=1S/C24H23NO4/c1-2-28-23(24(26)27)15-17-11-13-18(14-12-17)29-16-25-21-9-5-3-7-19(21)20-8-4-6-10-22(20)25/h3-14,23H,2,15-16H2,1H3,(H,26,27). The van der Waals surface area contributed by atoms with Crippen LogP contribution in [0.3, 0.4) is 0 Å². The van der Waals surface area contributed by atoms with E-state index in [4.69, 9.17) is 9.47 Å². The van der Waals surface area contributed by atoms with E-state index in [9.17, 15) is 9.90 Å². The summed E-state index contributed by atoms with van der Waals surface area (Å²) in [6.45, 7) is 2.56. The van der Waals surface area contributed by atoms with Crippen molar-refractivity contribution in [1.29, 1.82) is 0 Å². The molecule has 1 heterocycles. The first-order valence-corrected chi connectivity index (χ1v) is 9.69. The lowest BCUT2D eigenvalue weighted by Crippen LogP contribution is -2.26. The van der Waals surface area contributed by atoms with Gasteiger partial charge >= 0.3 is 5.97 Å². The first-order valence-electron chi connectivity index (χ1n) is 9.69. The zero-order valence-corrected chi connectivity index (χ0v) is 16.2. The molecule has 0 saturated heterocycles. The largest absolute Gasteiger partial charge is 0.479 e. The predicted octanol–water partition coefficient (Wildman–Crippen LogP) is 4.86. The highest BCUT2D eigenvalue weighted by Crippen LogP contribution is 2.29. The maximum absolute atomic E-state index is 11.3. The van der Waals surface area contributed by atoms with Crippen molar-refractivity contribution in [2.75, 3.05) is 6.61 Å². The molecule has 1 aromatic heterocycles. The number of benzene rings is 3. The predicted molar refractivity (Wildman–Crippen MR) is 113 cm³/mol. The van der Waals surface area contributed by atoms with Crippen LogP contribution in [0.2, 0.25) is 0 Å². The van der Waals surface area contributed by atoms with E-state index in [0.717, 1.165) is 22.3 Å². The zero-order valence-electron chi connectivity index (χ0n) is 16.2. The Morgan fingerprint density at radius 3 is 2.07 bits per heavy atom. The van der Waals surface area contributed by atoms with Gasteiger partial charge in [0, 0.05) is 23.8 Å². The van der Waals surface area contributed by atoms with E-state index in [2.05, 4.69) is 28.8 Å². The lowest BCUT2D eigenvalue weighted by atomic mass is 10.1. The van der Waals surface area contributed by atoms with E-state index in [1.165, 1.54) is 10.8 Å². The van der Waals surface area contributed by atoms with E-state index in [0.29, 0.717) is 19.8 Å². The maximum atomic E-state index is 11.3. The fraction of sp³-hybridized carbons (Fsp3) is 0.208. The number of hydrogen-bond donors (Lipinski definition) is 1. The van der Waals surface area contributed by atoms with Crippen molar-refractivity contribution in [3.05, 3.63) is 78.4 Å². The molecule has 0 aliphatic rings. The van der Waals surface area contributed by atoms with Crippen LogP contribution in [-0.2, 0) is 22.7 Å². The normalized spacial score (nSPS) is 12.3. The molecule has 148 valence electrons. The summed E-state index contributed by atoms with van der Waals surface area (Å²) in [5.41, 5.74) is 3.16. The number of aromatic nitrogens is 1. The van der Waals surface area contributed by atoms with Gasteiger partial charge in [-0.15, -0.1) is 0 Å². The number of carboxylic acid groups (broad SMARTS) is 1. The second kappa shape index (κ2) is 8.37. The first-order chi connectivity index (χ1) is 14.2. The molecule has 0 bridgehead atoms. The number of aliphatic carboxylic acids is 1. The second-order valence-electron chi connectivity index (χ2n) is 6.87. The van der Waals surface area contributed by atoms with Crippen molar-refractivity contribution >= 4 is 27.8 Å². The number of para-hydroxylation sites is 2. The SMILES string of the molecule is CCOC(Cc1ccc(OCn2c3ccccc3c3ccccc32)cc1)C(=O)O. The topological polar surface area (TPSA) is 60.7 Å². The zero-order chi connectivity index (χ0) is 20.2. The van der Waals surface area contributed by atoms with Crippen LogP contribution in [0.1, 0.15) is 12.5 Å². The average molecular weight is 389 g/mol. The molecule has 0 fully saturated rings. The Kier molecular flexibility index (Phi) is 5.49. The number of rotatable bonds is 8. The molecule has 1 atom stereocenters. The molecule has 0 aliphatic carbocycles. The monoisotopic (exact) mass is 389 g/mol. The molecular weight excluding hydrogens is 366 g/mol. The van der Waals surface area contributed by atoms with Crippen molar-refractivity contribution in [1.82, 2.24) is 4.57 Å². The molecule has 5 heteroatoms. The van der Waals surface area contributed by atoms with Crippen molar-refractivity contribution in [3.63, 3.8) is 0 Å². The summed E-state index contributed by atoms with van der Waals surface area (Å²) in [5.74, 6) is -0.211. The Morgan fingerprint density at radius 2 is 1.52 bits per heavy atom. The molecule has 4 rings (SSSR count). The third-order valence-electron chi connectivity index (χ3n) is 5.03. The minimum atomic E-state index is -0.946. The molecule has 0 aliphatic heterocycles. The van der Waals surface area contributed by atoms with Crippen molar-refractivity contribution in [2.45, 2.75) is 26.2 Å². The number of nitrogens with zero attached hydrogens (tertiary/aromatic N) is 1. The van der Waals surface area contributed by atoms with Crippen molar-refractivity contribution in [3.8, 4) is 5.75 Å². The van der Waals surface area contributed by atoms with Crippen LogP contribution in [-0.4, -0.2) is 28.4 Å². The van der Waals surface area contributed by atoms with E-state index in [-0.39, 0.29) is 0 Å². The van der Waals surface area contributed by atoms with Crippen LogP contribution in [0.25, 0.3) is 21.8 Å². The van der Waals surface area contributed by atoms with Crippen molar-refractivity contribution < 1.29 is 19.4 Å². The molecule has 5 nitrogen and oxygen atoms in total. The van der Waals surface area contributed by atoms with E-state index < -0.39 is 12.1 Å². The molecular formula is C24H23NO4. The average Bonchev–Trinajstić information content (AvgIpc) is 3.07. The van der Waals surface area contributed by atoms with Gasteiger partial charge in [-0.3, -0.25) is 0 Å². The smallest absolute Gasteiger partial charge is 0.333 e. The molecule has 29 heavy (non-hydrogen) atoms. The number of carbonyl (C=O) groups is 1. The molecule has 1 N–H and O–H groups in total. The summed E-state index contributed by atoms with van der Waals surface area (Å²) in [6, 6.07) is 24.1. The van der Waals surface area contributed by atoms with E-state index in [1.54, 1.807) is 6.92 Å². The minimum absolute atomic E-state index is 0.330. The van der Waals surface area contributed by atoms with Crippen LogP contribution >= 0.6 is 0 Å². The summed E-state index contributed by atoms with van der Waals surface area (Å²) in [6.07, 6.45) is -0.500. The lowest BCUT2D eigenvalue weighted by molar-refractivity contribution is -0.149. The summed E-state index contributed by atoms with van der Waals surface area (Å²) >= 11 is 0. The van der Waals surface area contributed by atoms with E-state index >= 15 is 0 Å². The summed E-state index contributed by atoms with van der Waals surface area (Å²) in [7, 11) is 0. The molecule has 4 aromatic rings. The van der Waals surface area contributed by atoms with Gasteiger partial charge in [0.15, 0.2) is 12.8 Å². The van der Waals surface area contributed by atoms with Gasteiger partial charge in [0.05, 0.1) is 11.0 Å². The Bertz CT molecular complexity index is 1080. The van der Waals surface area contributed by atoms with Gasteiger partial charge in [-0.2, -0.15) is 0 Å². The van der Waals surface area contributed by atoms with Crippen LogP contribution in [0.15, 0.2) is 72.8 Å². The minimum Gasteiger partial charge on any atom is -0.479 e. The third kappa shape index (κ3) is 3.96. The number of carboxylic acids is 1. The summed E-state index contributed by atoms with van der Waals surface area (Å²) in [5, 5.41) is 11.6. The molecule has 0 saturated carbocycles. The quantitative estimate of drug-likeness (QED) is 0.467. The highest BCUT2D eigenvalue weighted by atomic mass is 16.5. The Labute approximate surface area is 169 Å². The number of ether oxygens (including phenoxy) is 2. The van der Waals surface area contributed by atoms with E-state index in [1.807, 2.05) is 48.5 Å². The highest BCUT2D eigenvalue weighted by Gasteiger charge is 2.18. The lowest BCUT2D eigenvalue weighted by Gasteiger charge is -2.13. The van der Waals surface area contributed by atoms with Crippen LogP contribution < -0.4 is 4.74 Å². The van der Waals surface area contributed by atoms with Gasteiger partial charge < -0.3 is 19.1 Å². The van der Waals surface area contributed by atoms with Gasteiger partial charge in [-0.1, -0.05) is 48.5 Å². The second-order valence-corrected chi connectivity index (χ2v) is 6.87. The summed E-state index contributed by atoms with van der Waals surface area (Å²) < 4.78 is 13.5. The van der Waals surface area contributed by atoms with Gasteiger partial charge in [0.1, 0.15) is 5.75 Å². The molecule has 1 unspecified atom stereocenters. The van der Waals surface area contributed by atoms with Gasteiger partial charge in [-0.25, -0.2) is 4.79 Å². The van der Waals surface area contributed by atoms with Crippen molar-refractivity contribution in [2.24, 2.45) is 0 Å². The maximum Gasteiger partial charge on any atom is 0.333 e. The molecule has 3 aromatic carbocycles. The molecule has 0 amide bonds. The number of fused-ring (bicyclic) bond motifs is 3. The van der Waals surface area contributed by atoms with Gasteiger partial charge in [0.2, 0.25) is 0 Å². The van der Waals surface area contributed by atoms with Gasteiger partial charge in [-0.05, 0) is 36.8 Å². The third-order valence-corrected chi connectivity index (χ3v) is 5.03. The van der Waals surface area contributed by atoms with Gasteiger partial charge in [0.25, 0.3) is 0 Å². The highest BCUT2D eigenvalue weighted by molar-refractivity contribution is 6.07. The Balaban J connectivity index is 1.52. The molecule has 0 spiro atoms. The fourth-order valence-electron chi connectivity index (χ4n) is 3.64. The Hall–Kier alpha value is -3.31. The van der Waals surface area contributed by atoms with Crippen LogP contribution in [0.5, 0.6) is 5.75 Å².